The number of likely N-dealkylation sites (tertiary alicyclic amines) is 1. The second kappa shape index (κ2) is 10.6. The Labute approximate surface area is 186 Å². The summed E-state index contributed by atoms with van der Waals surface area (Å²) in [5.74, 6) is 1.44. The molecule has 2 N–H and O–H groups in total. The van der Waals surface area contributed by atoms with Crippen LogP contribution < -0.4 is 5.32 Å². The molecule has 150 valence electrons. The normalized spacial score (nSPS) is 21.6. The van der Waals surface area contributed by atoms with Crippen LogP contribution in [-0.2, 0) is 0 Å². The van der Waals surface area contributed by atoms with Crippen molar-refractivity contribution in [1.82, 2.24) is 19.8 Å². The minimum absolute atomic E-state index is 0. The summed E-state index contributed by atoms with van der Waals surface area (Å²) >= 11 is 7.36. The fraction of sp³-hybridized carbons (Fsp3) is 0.556. The van der Waals surface area contributed by atoms with Gasteiger partial charge in [-0.15, -0.1) is 35.3 Å². The van der Waals surface area contributed by atoms with Crippen LogP contribution >= 0.6 is 46.9 Å². The summed E-state index contributed by atoms with van der Waals surface area (Å²) in [6, 6.07) is 4.04. The predicted molar refractivity (Wildman–Crippen MR) is 122 cm³/mol. The van der Waals surface area contributed by atoms with Gasteiger partial charge in [-0.3, -0.25) is 4.99 Å². The van der Waals surface area contributed by atoms with Crippen LogP contribution in [0.15, 0.2) is 35.8 Å². The zero-order valence-electron chi connectivity index (χ0n) is 15.6. The van der Waals surface area contributed by atoms with Gasteiger partial charge in [0.05, 0.1) is 23.3 Å². The lowest BCUT2D eigenvalue weighted by Gasteiger charge is -2.39. The molecular formula is C18H27ClIN5OS. The van der Waals surface area contributed by atoms with Crippen molar-refractivity contribution in [3.8, 4) is 0 Å². The standard InChI is InChI=1S/C18H26ClN5OS.HI/c1-3-21-18(22-10-15(25)16-4-5-17(19)26-16)23-8-6-13(2)14(11-23)24-9-7-20-12-24;/h4-5,7,9,12-15,25H,3,6,8,10-11H2,1-2H3,(H,21,22);1H. The van der Waals surface area contributed by atoms with Crippen molar-refractivity contribution in [1.29, 1.82) is 0 Å². The van der Waals surface area contributed by atoms with Crippen LogP contribution in [0, 0.1) is 5.92 Å². The maximum atomic E-state index is 10.4. The molecule has 0 bridgehead atoms. The van der Waals surface area contributed by atoms with Crippen molar-refractivity contribution in [3.05, 3.63) is 40.1 Å². The third-order valence-corrected chi connectivity index (χ3v) is 6.13. The number of guanidine groups is 1. The van der Waals surface area contributed by atoms with Crippen molar-refractivity contribution >= 4 is 52.9 Å². The highest BCUT2D eigenvalue weighted by molar-refractivity contribution is 14.0. The Hall–Kier alpha value is -0.840. The number of piperidine rings is 1. The highest BCUT2D eigenvalue weighted by atomic mass is 127. The summed E-state index contributed by atoms with van der Waals surface area (Å²) in [5.41, 5.74) is 0. The van der Waals surface area contributed by atoms with E-state index in [1.807, 2.05) is 24.8 Å². The molecule has 6 nitrogen and oxygen atoms in total. The van der Waals surface area contributed by atoms with Crippen LogP contribution in [0.2, 0.25) is 4.34 Å². The summed E-state index contributed by atoms with van der Waals surface area (Å²) < 4.78 is 2.87. The third kappa shape index (κ3) is 5.82. The number of nitrogens with zero attached hydrogens (tertiary/aromatic N) is 4. The van der Waals surface area contributed by atoms with Gasteiger partial charge in [-0.1, -0.05) is 18.5 Å². The molecule has 2 aromatic rings. The number of aromatic nitrogens is 2. The molecule has 1 aliphatic rings. The first-order chi connectivity index (χ1) is 12.6. The summed E-state index contributed by atoms with van der Waals surface area (Å²) in [6.45, 7) is 7.30. The molecular weight excluding hydrogens is 497 g/mol. The van der Waals surface area contributed by atoms with Gasteiger partial charge in [0.15, 0.2) is 5.96 Å². The number of rotatable bonds is 5. The minimum atomic E-state index is -0.630. The number of nitrogens with one attached hydrogen (secondary N) is 1. The average Bonchev–Trinajstić information content (AvgIpc) is 3.30. The van der Waals surface area contributed by atoms with E-state index in [4.69, 9.17) is 11.6 Å². The van der Waals surface area contributed by atoms with E-state index in [9.17, 15) is 5.11 Å². The Bertz CT molecular complexity index is 723. The molecule has 1 saturated heterocycles. The van der Waals surface area contributed by atoms with Crippen LogP contribution in [0.5, 0.6) is 0 Å². The fourth-order valence-electron chi connectivity index (χ4n) is 3.29. The fourth-order valence-corrected chi connectivity index (χ4v) is 4.33. The van der Waals surface area contributed by atoms with E-state index in [-0.39, 0.29) is 24.0 Å². The van der Waals surface area contributed by atoms with Crippen LogP contribution in [0.1, 0.15) is 37.3 Å². The number of thiophene rings is 1. The molecule has 3 rings (SSSR count). The van der Waals surface area contributed by atoms with E-state index in [0.717, 1.165) is 36.9 Å². The molecule has 1 fully saturated rings. The molecule has 0 radical (unpaired) electrons. The number of imidazole rings is 1. The van der Waals surface area contributed by atoms with E-state index in [2.05, 4.69) is 38.6 Å². The number of aliphatic imine (C=N–C) groups is 1. The van der Waals surface area contributed by atoms with Gasteiger partial charge in [-0.05, 0) is 31.4 Å². The molecule has 3 unspecified atom stereocenters. The van der Waals surface area contributed by atoms with Gasteiger partial charge in [-0.25, -0.2) is 4.98 Å². The number of halogens is 2. The molecule has 2 aromatic heterocycles. The lowest BCUT2D eigenvalue weighted by Crippen LogP contribution is -2.49. The van der Waals surface area contributed by atoms with E-state index >= 15 is 0 Å². The average molecular weight is 524 g/mol. The Morgan fingerprint density at radius 1 is 1.52 bits per heavy atom. The molecule has 0 aromatic carbocycles. The maximum absolute atomic E-state index is 10.4. The first-order valence-corrected chi connectivity index (χ1v) is 10.2. The number of aliphatic hydroxyl groups excluding tert-OH is 1. The molecule has 27 heavy (non-hydrogen) atoms. The predicted octanol–water partition coefficient (Wildman–Crippen LogP) is 3.80. The van der Waals surface area contributed by atoms with Gasteiger partial charge in [0.25, 0.3) is 0 Å². The molecule has 3 heterocycles. The van der Waals surface area contributed by atoms with E-state index in [1.165, 1.54) is 11.3 Å². The van der Waals surface area contributed by atoms with Gasteiger partial charge in [0.1, 0.15) is 6.10 Å². The second-order valence-electron chi connectivity index (χ2n) is 6.64. The first-order valence-electron chi connectivity index (χ1n) is 9.02. The lowest BCUT2D eigenvalue weighted by atomic mass is 9.93. The SMILES string of the molecule is CCNC(=NCC(O)c1ccc(Cl)s1)N1CCC(C)C(n2ccnc2)C1.I. The van der Waals surface area contributed by atoms with Crippen molar-refractivity contribution in [3.63, 3.8) is 0 Å². The van der Waals surface area contributed by atoms with Gasteiger partial charge in [0, 0.05) is 36.9 Å². The maximum Gasteiger partial charge on any atom is 0.194 e. The molecule has 3 atom stereocenters. The van der Waals surface area contributed by atoms with Crippen molar-refractivity contribution in [2.75, 3.05) is 26.2 Å². The minimum Gasteiger partial charge on any atom is -0.386 e. The molecule has 0 aliphatic carbocycles. The van der Waals surface area contributed by atoms with Crippen LogP contribution in [0.3, 0.4) is 0 Å². The summed E-state index contributed by atoms with van der Waals surface area (Å²) in [5, 5.41) is 13.7. The third-order valence-electron chi connectivity index (χ3n) is 4.80. The van der Waals surface area contributed by atoms with Gasteiger partial charge in [-0.2, -0.15) is 0 Å². The number of aliphatic hydroxyl groups is 1. The van der Waals surface area contributed by atoms with Gasteiger partial charge < -0.3 is 19.9 Å². The van der Waals surface area contributed by atoms with Crippen molar-refractivity contribution < 1.29 is 5.11 Å². The van der Waals surface area contributed by atoms with Gasteiger partial charge in [0.2, 0.25) is 0 Å². The molecule has 0 amide bonds. The molecule has 1 aliphatic heterocycles. The van der Waals surface area contributed by atoms with Crippen LogP contribution in [-0.4, -0.2) is 51.7 Å². The Balaban J connectivity index is 0.00000261. The second-order valence-corrected chi connectivity index (χ2v) is 8.39. The first kappa shape index (κ1) is 22.4. The topological polar surface area (TPSA) is 65.7 Å². The van der Waals surface area contributed by atoms with Crippen molar-refractivity contribution in [2.45, 2.75) is 32.4 Å². The van der Waals surface area contributed by atoms with E-state index in [1.54, 1.807) is 6.07 Å². The zero-order chi connectivity index (χ0) is 18.5. The monoisotopic (exact) mass is 523 g/mol. The Kier molecular flexibility index (Phi) is 8.84. The summed E-state index contributed by atoms with van der Waals surface area (Å²) in [4.78, 5) is 12.0. The molecule has 0 spiro atoms. The number of hydrogen-bond donors (Lipinski definition) is 2. The summed E-state index contributed by atoms with van der Waals surface area (Å²) in [6.07, 6.45) is 6.20. The quantitative estimate of drug-likeness (QED) is 0.355. The van der Waals surface area contributed by atoms with Gasteiger partial charge >= 0.3 is 0 Å². The Morgan fingerprint density at radius 3 is 2.96 bits per heavy atom. The smallest absolute Gasteiger partial charge is 0.194 e. The van der Waals surface area contributed by atoms with Crippen LogP contribution in [0.4, 0.5) is 0 Å². The largest absolute Gasteiger partial charge is 0.386 e. The van der Waals surface area contributed by atoms with Crippen LogP contribution in [0.25, 0.3) is 0 Å². The number of hydrogen-bond acceptors (Lipinski definition) is 4. The van der Waals surface area contributed by atoms with Crippen molar-refractivity contribution in [2.24, 2.45) is 10.9 Å². The highest BCUT2D eigenvalue weighted by Crippen LogP contribution is 2.28. The summed E-state index contributed by atoms with van der Waals surface area (Å²) in [7, 11) is 0. The molecule has 9 heteroatoms. The zero-order valence-corrected chi connectivity index (χ0v) is 19.5. The highest BCUT2D eigenvalue weighted by Gasteiger charge is 2.29. The van der Waals surface area contributed by atoms with E-state index in [0.29, 0.717) is 22.8 Å². The van der Waals surface area contributed by atoms with E-state index < -0.39 is 6.10 Å². The Morgan fingerprint density at radius 2 is 2.33 bits per heavy atom. The lowest BCUT2D eigenvalue weighted by molar-refractivity contribution is 0.181. The molecule has 0 saturated carbocycles.